The van der Waals surface area contributed by atoms with Gasteiger partial charge in [0.1, 0.15) is 0 Å². The highest BCUT2D eigenvalue weighted by Crippen LogP contribution is 2.34. The summed E-state index contributed by atoms with van der Waals surface area (Å²) in [6.07, 6.45) is 7.33. The van der Waals surface area contributed by atoms with Crippen molar-refractivity contribution in [2.24, 2.45) is 5.92 Å². The molecule has 0 aromatic rings. The van der Waals surface area contributed by atoms with E-state index in [1.807, 2.05) is 0 Å². The Morgan fingerprint density at radius 3 is 2.75 bits per heavy atom. The Morgan fingerprint density at radius 1 is 1.42 bits per heavy atom. The van der Waals surface area contributed by atoms with Gasteiger partial charge >= 0.3 is 0 Å². The lowest BCUT2D eigenvalue weighted by atomic mass is 9.78. The zero-order chi connectivity index (χ0) is 8.39. The van der Waals surface area contributed by atoms with Crippen LogP contribution in [0.2, 0.25) is 0 Å². The Kier molecular flexibility index (Phi) is 2.35. The fourth-order valence-electron chi connectivity index (χ4n) is 1.86. The number of aliphatic hydroxyl groups is 1. The Morgan fingerprint density at radius 2 is 2.25 bits per heavy atom. The van der Waals surface area contributed by atoms with Gasteiger partial charge in [-0.25, -0.2) is 0 Å². The molecule has 1 saturated carbocycles. The topological polar surface area (TPSA) is 29.5 Å². The summed E-state index contributed by atoms with van der Waals surface area (Å²) in [5.74, 6) is 0.526. The smallest absolute Gasteiger partial charge is 0.0876 e. The van der Waals surface area contributed by atoms with E-state index in [-0.39, 0.29) is 6.10 Å². The fraction of sp³-hybridized carbons (Fsp3) is 0.800. The minimum Gasteiger partial charge on any atom is -0.501 e. The van der Waals surface area contributed by atoms with Crippen LogP contribution in [0.1, 0.15) is 32.1 Å². The minimum absolute atomic E-state index is 0.209. The van der Waals surface area contributed by atoms with Gasteiger partial charge in [0.2, 0.25) is 0 Å². The van der Waals surface area contributed by atoms with E-state index in [1.165, 1.54) is 19.3 Å². The number of aliphatic hydroxyl groups excluding tert-OH is 1. The summed E-state index contributed by atoms with van der Waals surface area (Å²) in [4.78, 5) is 0. The molecule has 2 nitrogen and oxygen atoms in total. The molecule has 0 aromatic carbocycles. The quantitative estimate of drug-likeness (QED) is 0.681. The molecule has 0 aromatic heterocycles. The molecule has 1 aliphatic carbocycles. The van der Waals surface area contributed by atoms with Crippen LogP contribution in [0, 0.1) is 5.92 Å². The van der Waals surface area contributed by atoms with E-state index in [9.17, 15) is 5.11 Å². The van der Waals surface area contributed by atoms with Crippen LogP contribution >= 0.6 is 0 Å². The summed E-state index contributed by atoms with van der Waals surface area (Å²) in [6.45, 7) is 0.820. The molecule has 0 spiro atoms. The van der Waals surface area contributed by atoms with Gasteiger partial charge in [0, 0.05) is 0 Å². The molecular formula is C10H16O2. The van der Waals surface area contributed by atoms with Crippen molar-refractivity contribution in [2.75, 3.05) is 6.61 Å². The van der Waals surface area contributed by atoms with Gasteiger partial charge in [0.15, 0.2) is 0 Å². The fourth-order valence-corrected chi connectivity index (χ4v) is 1.86. The van der Waals surface area contributed by atoms with Crippen LogP contribution in [-0.4, -0.2) is 17.8 Å². The Bertz CT molecular complexity index is 182. The van der Waals surface area contributed by atoms with Gasteiger partial charge in [-0.1, -0.05) is 6.42 Å². The molecule has 0 bridgehead atoms. The maximum atomic E-state index is 9.85. The number of ether oxygens (including phenoxy) is 1. The number of rotatable bonds is 2. The largest absolute Gasteiger partial charge is 0.501 e. The third-order valence-corrected chi connectivity index (χ3v) is 2.94. The second kappa shape index (κ2) is 3.48. The Balaban J connectivity index is 1.92. The van der Waals surface area contributed by atoms with Crippen molar-refractivity contribution in [3.05, 3.63) is 11.8 Å². The first-order chi connectivity index (χ1) is 5.88. The lowest BCUT2D eigenvalue weighted by Crippen LogP contribution is -2.29. The SMILES string of the molecule is OC(C1=COCCC1)C1CCC1. The van der Waals surface area contributed by atoms with Gasteiger partial charge in [0.05, 0.1) is 19.0 Å². The minimum atomic E-state index is -0.209. The molecular weight excluding hydrogens is 152 g/mol. The summed E-state index contributed by atoms with van der Waals surface area (Å²) in [6, 6.07) is 0. The molecule has 1 aliphatic heterocycles. The molecule has 1 unspecified atom stereocenters. The molecule has 2 rings (SSSR count). The lowest BCUT2D eigenvalue weighted by molar-refractivity contribution is 0.0780. The summed E-state index contributed by atoms with van der Waals surface area (Å²) in [5.41, 5.74) is 1.12. The van der Waals surface area contributed by atoms with Crippen molar-refractivity contribution >= 4 is 0 Å². The zero-order valence-corrected chi connectivity index (χ0v) is 7.33. The molecule has 0 amide bonds. The molecule has 68 valence electrons. The van der Waals surface area contributed by atoms with E-state index >= 15 is 0 Å². The van der Waals surface area contributed by atoms with Gasteiger partial charge in [-0.05, 0) is 37.2 Å². The van der Waals surface area contributed by atoms with Crippen molar-refractivity contribution in [3.63, 3.8) is 0 Å². The molecule has 1 N–H and O–H groups in total. The van der Waals surface area contributed by atoms with E-state index in [2.05, 4.69) is 0 Å². The van der Waals surface area contributed by atoms with Crippen LogP contribution in [-0.2, 0) is 4.74 Å². The predicted molar refractivity (Wildman–Crippen MR) is 46.6 cm³/mol. The Hall–Kier alpha value is -0.500. The summed E-state index contributed by atoms with van der Waals surface area (Å²) < 4.78 is 5.20. The standard InChI is InChI=1S/C10H16O2/c11-10(8-3-1-4-8)9-5-2-6-12-7-9/h7-8,10-11H,1-6H2. The van der Waals surface area contributed by atoms with E-state index < -0.39 is 0 Å². The average Bonchev–Trinajstić information content (AvgIpc) is 2.03. The molecule has 2 aliphatic rings. The van der Waals surface area contributed by atoms with Crippen LogP contribution in [0.5, 0.6) is 0 Å². The first-order valence-corrected chi connectivity index (χ1v) is 4.86. The molecule has 0 saturated heterocycles. The van der Waals surface area contributed by atoms with Crippen LogP contribution < -0.4 is 0 Å². The van der Waals surface area contributed by atoms with Crippen molar-refractivity contribution in [1.82, 2.24) is 0 Å². The van der Waals surface area contributed by atoms with Crippen LogP contribution in [0.25, 0.3) is 0 Å². The van der Waals surface area contributed by atoms with Crippen LogP contribution in [0.4, 0.5) is 0 Å². The third kappa shape index (κ3) is 1.48. The summed E-state index contributed by atoms with van der Waals surface area (Å²) in [5, 5.41) is 9.85. The second-order valence-corrected chi connectivity index (χ2v) is 3.80. The highest BCUT2D eigenvalue weighted by atomic mass is 16.5. The zero-order valence-electron chi connectivity index (χ0n) is 7.33. The van der Waals surface area contributed by atoms with Gasteiger partial charge in [-0.2, -0.15) is 0 Å². The highest BCUT2D eigenvalue weighted by molar-refractivity contribution is 5.09. The monoisotopic (exact) mass is 168 g/mol. The maximum absolute atomic E-state index is 9.85. The van der Waals surface area contributed by atoms with Gasteiger partial charge in [0.25, 0.3) is 0 Å². The average molecular weight is 168 g/mol. The summed E-state index contributed by atoms with van der Waals surface area (Å²) >= 11 is 0. The maximum Gasteiger partial charge on any atom is 0.0876 e. The van der Waals surface area contributed by atoms with Crippen LogP contribution in [0.3, 0.4) is 0 Å². The summed E-state index contributed by atoms with van der Waals surface area (Å²) in [7, 11) is 0. The van der Waals surface area contributed by atoms with Crippen molar-refractivity contribution in [1.29, 1.82) is 0 Å². The van der Waals surface area contributed by atoms with Crippen molar-refractivity contribution in [2.45, 2.75) is 38.2 Å². The van der Waals surface area contributed by atoms with E-state index in [0.29, 0.717) is 5.92 Å². The van der Waals surface area contributed by atoms with Gasteiger partial charge < -0.3 is 9.84 Å². The van der Waals surface area contributed by atoms with Gasteiger partial charge in [-0.3, -0.25) is 0 Å². The molecule has 1 fully saturated rings. The molecule has 2 heteroatoms. The normalized spacial score (nSPS) is 26.9. The first kappa shape index (κ1) is 8.11. The molecule has 12 heavy (non-hydrogen) atoms. The molecule has 1 heterocycles. The third-order valence-electron chi connectivity index (χ3n) is 2.94. The van der Waals surface area contributed by atoms with E-state index in [0.717, 1.165) is 25.0 Å². The van der Waals surface area contributed by atoms with E-state index in [1.54, 1.807) is 6.26 Å². The predicted octanol–water partition coefficient (Wildman–Crippen LogP) is 1.84. The van der Waals surface area contributed by atoms with Crippen molar-refractivity contribution < 1.29 is 9.84 Å². The van der Waals surface area contributed by atoms with E-state index in [4.69, 9.17) is 4.74 Å². The van der Waals surface area contributed by atoms with Crippen molar-refractivity contribution in [3.8, 4) is 0 Å². The number of hydrogen-bond acceptors (Lipinski definition) is 2. The number of hydrogen-bond donors (Lipinski definition) is 1. The highest BCUT2D eigenvalue weighted by Gasteiger charge is 2.28. The van der Waals surface area contributed by atoms with Gasteiger partial charge in [-0.15, -0.1) is 0 Å². The molecule has 0 radical (unpaired) electrons. The Labute approximate surface area is 73.2 Å². The van der Waals surface area contributed by atoms with Crippen LogP contribution in [0.15, 0.2) is 11.8 Å². The first-order valence-electron chi connectivity index (χ1n) is 4.86. The molecule has 1 atom stereocenters. The second-order valence-electron chi connectivity index (χ2n) is 3.80. The lowest BCUT2D eigenvalue weighted by Gasteiger charge is -2.32.